The van der Waals surface area contributed by atoms with Gasteiger partial charge in [-0.15, -0.1) is 0 Å². The highest BCUT2D eigenvalue weighted by molar-refractivity contribution is 7.89. The number of hydrogen-bond acceptors (Lipinski definition) is 7. The predicted octanol–water partition coefficient (Wildman–Crippen LogP) is 1.17. The number of nitrogens with zero attached hydrogens (tertiary/aromatic N) is 4. The molecule has 0 radical (unpaired) electrons. The molecule has 28 heavy (non-hydrogen) atoms. The van der Waals surface area contributed by atoms with Gasteiger partial charge < -0.3 is 15.1 Å². The van der Waals surface area contributed by atoms with Crippen molar-refractivity contribution in [3.8, 4) is 17.5 Å². The Balaban J connectivity index is 1.85. The fourth-order valence-corrected chi connectivity index (χ4v) is 3.97. The van der Waals surface area contributed by atoms with Crippen molar-refractivity contribution < 1.29 is 17.6 Å². The van der Waals surface area contributed by atoms with Crippen LogP contribution in [0.15, 0.2) is 33.6 Å². The predicted molar refractivity (Wildman–Crippen MR) is 102 cm³/mol. The molecule has 3 rings (SSSR count). The Kier molecular flexibility index (Phi) is 5.40. The summed E-state index contributed by atoms with van der Waals surface area (Å²) < 4.78 is 31.3. The largest absolute Gasteiger partial charge is 0.419 e. The van der Waals surface area contributed by atoms with Crippen LogP contribution in [0.5, 0.6) is 0 Å². The third-order valence-corrected chi connectivity index (χ3v) is 6.61. The van der Waals surface area contributed by atoms with Gasteiger partial charge in [0.15, 0.2) is 0 Å². The summed E-state index contributed by atoms with van der Waals surface area (Å²) in [5.74, 6) is 0.101. The molecule has 1 aromatic heterocycles. The third-order valence-electron chi connectivity index (χ3n) is 4.78. The van der Waals surface area contributed by atoms with E-state index < -0.39 is 10.0 Å². The second kappa shape index (κ2) is 7.61. The quantitative estimate of drug-likeness (QED) is 0.792. The van der Waals surface area contributed by atoms with Crippen molar-refractivity contribution in [2.75, 3.05) is 32.1 Å². The number of anilines is 1. The highest BCUT2D eigenvalue weighted by Gasteiger charge is 2.28. The third kappa shape index (κ3) is 3.72. The first-order valence-corrected chi connectivity index (χ1v) is 10.2. The topological polar surface area (TPSA) is 134 Å². The van der Waals surface area contributed by atoms with Gasteiger partial charge in [0.2, 0.25) is 33.4 Å². The lowest BCUT2D eigenvalue weighted by molar-refractivity contribution is -0.122. The van der Waals surface area contributed by atoms with E-state index in [-0.39, 0.29) is 28.3 Å². The van der Waals surface area contributed by atoms with E-state index in [1.807, 2.05) is 11.0 Å². The highest BCUT2D eigenvalue weighted by Crippen LogP contribution is 2.31. The van der Waals surface area contributed by atoms with Crippen LogP contribution in [0.25, 0.3) is 11.5 Å². The number of aromatic nitrogens is 1. The van der Waals surface area contributed by atoms with Crippen LogP contribution in [-0.4, -0.2) is 50.8 Å². The lowest BCUT2D eigenvalue weighted by Crippen LogP contribution is -2.38. The summed E-state index contributed by atoms with van der Waals surface area (Å²) in [5, 5.41) is 9.40. The number of nitrogens with two attached hydrogens (primary N) is 1. The molecule has 1 fully saturated rings. The molecule has 9 nitrogen and oxygen atoms in total. The van der Waals surface area contributed by atoms with E-state index in [9.17, 15) is 18.5 Å². The lowest BCUT2D eigenvalue weighted by Gasteiger charge is -2.30. The molecule has 2 N–H and O–H groups in total. The van der Waals surface area contributed by atoms with Crippen LogP contribution in [0.3, 0.4) is 0 Å². The van der Waals surface area contributed by atoms with E-state index in [0.717, 1.165) is 4.31 Å². The fraction of sp³-hybridized carbons (Fsp3) is 0.389. The highest BCUT2D eigenvalue weighted by atomic mass is 32.2. The molecule has 2 aromatic rings. The van der Waals surface area contributed by atoms with Gasteiger partial charge in [-0.05, 0) is 37.1 Å². The second-order valence-corrected chi connectivity index (χ2v) is 8.91. The molecule has 0 saturated carbocycles. The van der Waals surface area contributed by atoms with E-state index in [4.69, 9.17) is 10.2 Å². The molecule has 1 aromatic carbocycles. The summed E-state index contributed by atoms with van der Waals surface area (Å²) in [6.07, 6.45) is 1.18. The zero-order valence-electron chi connectivity index (χ0n) is 15.6. The Bertz CT molecular complexity index is 1010. The number of amides is 1. The Morgan fingerprint density at radius 3 is 2.39 bits per heavy atom. The van der Waals surface area contributed by atoms with Crippen LogP contribution in [-0.2, 0) is 14.8 Å². The first-order valence-electron chi connectivity index (χ1n) is 8.72. The molecule has 1 saturated heterocycles. The molecule has 148 valence electrons. The lowest BCUT2D eigenvalue weighted by atomic mass is 9.96. The van der Waals surface area contributed by atoms with Gasteiger partial charge in [0, 0.05) is 38.7 Å². The molecular formula is C18H21N5O4S. The van der Waals surface area contributed by atoms with Gasteiger partial charge in [0.05, 0.1) is 4.90 Å². The summed E-state index contributed by atoms with van der Waals surface area (Å²) >= 11 is 0. The zero-order valence-corrected chi connectivity index (χ0v) is 16.4. The number of nitriles is 1. The molecule has 10 heteroatoms. The molecule has 0 atom stereocenters. The number of sulfonamides is 1. The SMILES string of the molecule is CN(C)S(=O)(=O)c1ccc(-c2nc(C#N)c(N3CCC(C(N)=O)CC3)o2)cc1. The maximum absolute atomic E-state index is 12.2. The van der Waals surface area contributed by atoms with Gasteiger partial charge in [0.1, 0.15) is 6.07 Å². The van der Waals surface area contributed by atoms with E-state index in [1.165, 1.54) is 26.2 Å². The number of carbonyl (C=O) groups excluding carboxylic acids is 1. The van der Waals surface area contributed by atoms with Crippen molar-refractivity contribution in [2.45, 2.75) is 17.7 Å². The van der Waals surface area contributed by atoms with Crippen LogP contribution in [0, 0.1) is 17.2 Å². The summed E-state index contributed by atoms with van der Waals surface area (Å²) in [4.78, 5) is 17.6. The first-order chi connectivity index (χ1) is 13.2. The van der Waals surface area contributed by atoms with Crippen molar-refractivity contribution in [3.63, 3.8) is 0 Å². The van der Waals surface area contributed by atoms with Crippen LogP contribution < -0.4 is 10.6 Å². The number of rotatable bonds is 5. The van der Waals surface area contributed by atoms with Crippen LogP contribution in [0.4, 0.5) is 5.88 Å². The Hall–Kier alpha value is -2.90. The summed E-state index contributed by atoms with van der Waals surface area (Å²) in [7, 11) is -0.604. The molecule has 0 bridgehead atoms. The number of oxazole rings is 1. The number of hydrogen-bond donors (Lipinski definition) is 1. The van der Waals surface area contributed by atoms with E-state index in [1.54, 1.807) is 12.1 Å². The van der Waals surface area contributed by atoms with Crippen molar-refractivity contribution >= 4 is 21.8 Å². The van der Waals surface area contributed by atoms with Gasteiger partial charge in [-0.2, -0.15) is 10.2 Å². The molecule has 0 spiro atoms. The zero-order chi connectivity index (χ0) is 20.5. The first kappa shape index (κ1) is 19.9. The maximum atomic E-state index is 12.2. The van der Waals surface area contributed by atoms with E-state index in [2.05, 4.69) is 4.98 Å². The Labute approximate surface area is 163 Å². The number of primary amides is 1. The Morgan fingerprint density at radius 1 is 1.29 bits per heavy atom. The van der Waals surface area contributed by atoms with E-state index in [0.29, 0.717) is 37.4 Å². The molecule has 0 aliphatic carbocycles. The maximum Gasteiger partial charge on any atom is 0.242 e. The minimum absolute atomic E-state index is 0.150. The molecule has 0 unspecified atom stereocenters. The fourth-order valence-electron chi connectivity index (χ4n) is 3.07. The van der Waals surface area contributed by atoms with Crippen LogP contribution >= 0.6 is 0 Å². The van der Waals surface area contributed by atoms with Crippen molar-refractivity contribution in [2.24, 2.45) is 11.7 Å². The normalized spacial score (nSPS) is 15.6. The molecule has 1 aliphatic rings. The number of piperidine rings is 1. The molecule has 2 heterocycles. The van der Waals surface area contributed by atoms with Crippen molar-refractivity contribution in [1.82, 2.24) is 9.29 Å². The summed E-state index contributed by atoms with van der Waals surface area (Å²) in [6.45, 7) is 1.08. The van der Waals surface area contributed by atoms with Crippen LogP contribution in [0.1, 0.15) is 18.5 Å². The summed E-state index contributed by atoms with van der Waals surface area (Å²) in [5.41, 5.74) is 6.07. The number of carbonyl (C=O) groups is 1. The molecule has 1 aliphatic heterocycles. The minimum Gasteiger partial charge on any atom is -0.419 e. The smallest absolute Gasteiger partial charge is 0.242 e. The van der Waals surface area contributed by atoms with E-state index >= 15 is 0 Å². The van der Waals surface area contributed by atoms with Gasteiger partial charge in [-0.25, -0.2) is 12.7 Å². The van der Waals surface area contributed by atoms with Crippen molar-refractivity contribution in [1.29, 1.82) is 5.26 Å². The van der Waals surface area contributed by atoms with Gasteiger partial charge >= 0.3 is 0 Å². The summed E-state index contributed by atoms with van der Waals surface area (Å²) in [6, 6.07) is 8.15. The van der Waals surface area contributed by atoms with Gasteiger partial charge in [0.25, 0.3) is 0 Å². The second-order valence-electron chi connectivity index (χ2n) is 6.76. The molecule has 1 amide bonds. The Morgan fingerprint density at radius 2 is 1.89 bits per heavy atom. The average molecular weight is 403 g/mol. The minimum atomic E-state index is -3.53. The van der Waals surface area contributed by atoms with Crippen molar-refractivity contribution in [3.05, 3.63) is 30.0 Å². The molecular weight excluding hydrogens is 382 g/mol. The standard InChI is InChI=1S/C18H21N5O4S/c1-22(2)28(25,26)14-5-3-13(4-6-14)17-21-15(11-19)18(27-17)23-9-7-12(8-10-23)16(20)24/h3-6,12H,7-10H2,1-2H3,(H2,20,24). The van der Waals surface area contributed by atoms with Crippen LogP contribution in [0.2, 0.25) is 0 Å². The monoisotopic (exact) mass is 403 g/mol. The number of benzene rings is 1. The average Bonchev–Trinajstić information content (AvgIpc) is 3.12. The van der Waals surface area contributed by atoms with Gasteiger partial charge in [-0.3, -0.25) is 4.79 Å². The van der Waals surface area contributed by atoms with Gasteiger partial charge in [-0.1, -0.05) is 0 Å².